The first kappa shape index (κ1) is 10.9. The van der Waals surface area contributed by atoms with Gasteiger partial charge >= 0.3 is 5.97 Å². The SMILES string of the molecule is NC1CCCCCC1C(=O)OC1CCC1. The van der Waals surface area contributed by atoms with Crippen LogP contribution in [-0.2, 0) is 9.53 Å². The first-order chi connectivity index (χ1) is 7.27. The number of ether oxygens (including phenoxy) is 1. The summed E-state index contributed by atoms with van der Waals surface area (Å²) in [6.07, 6.45) is 8.90. The van der Waals surface area contributed by atoms with Crippen LogP contribution in [0.3, 0.4) is 0 Å². The van der Waals surface area contributed by atoms with Crippen molar-refractivity contribution in [2.75, 3.05) is 0 Å². The summed E-state index contributed by atoms with van der Waals surface area (Å²) in [6, 6.07) is 0.0278. The fourth-order valence-electron chi connectivity index (χ4n) is 2.37. The summed E-state index contributed by atoms with van der Waals surface area (Å²) in [7, 11) is 0. The molecule has 0 aliphatic heterocycles. The van der Waals surface area contributed by atoms with Crippen LogP contribution in [0.4, 0.5) is 0 Å². The molecule has 15 heavy (non-hydrogen) atoms. The molecule has 2 rings (SSSR count). The first-order valence-electron chi connectivity index (χ1n) is 6.23. The second kappa shape index (κ2) is 4.97. The maximum absolute atomic E-state index is 11.9. The molecule has 0 spiro atoms. The summed E-state index contributed by atoms with van der Waals surface area (Å²) in [5.41, 5.74) is 6.01. The van der Waals surface area contributed by atoms with Gasteiger partial charge in [0.15, 0.2) is 0 Å². The normalized spacial score (nSPS) is 32.9. The molecular weight excluding hydrogens is 190 g/mol. The van der Waals surface area contributed by atoms with Crippen LogP contribution >= 0.6 is 0 Å². The standard InChI is InChI=1S/C12H21NO2/c13-11-8-3-1-2-7-10(11)12(14)15-9-5-4-6-9/h9-11H,1-8,13H2. The lowest BCUT2D eigenvalue weighted by Gasteiger charge is -2.28. The molecule has 0 heterocycles. The van der Waals surface area contributed by atoms with Crippen molar-refractivity contribution in [1.82, 2.24) is 0 Å². The van der Waals surface area contributed by atoms with E-state index in [2.05, 4.69) is 0 Å². The van der Waals surface area contributed by atoms with Crippen molar-refractivity contribution in [3.8, 4) is 0 Å². The summed E-state index contributed by atoms with van der Waals surface area (Å²) in [4.78, 5) is 11.9. The fraction of sp³-hybridized carbons (Fsp3) is 0.917. The Balaban J connectivity index is 1.85. The van der Waals surface area contributed by atoms with E-state index in [9.17, 15) is 4.79 Å². The van der Waals surface area contributed by atoms with Crippen molar-refractivity contribution >= 4 is 5.97 Å². The van der Waals surface area contributed by atoms with Gasteiger partial charge in [0.2, 0.25) is 0 Å². The smallest absolute Gasteiger partial charge is 0.310 e. The van der Waals surface area contributed by atoms with Crippen LogP contribution in [0.25, 0.3) is 0 Å². The molecule has 2 saturated carbocycles. The summed E-state index contributed by atoms with van der Waals surface area (Å²) in [5, 5.41) is 0. The molecular formula is C12H21NO2. The van der Waals surface area contributed by atoms with Crippen LogP contribution in [0.2, 0.25) is 0 Å². The van der Waals surface area contributed by atoms with Crippen LogP contribution in [0.1, 0.15) is 51.4 Å². The summed E-state index contributed by atoms with van der Waals surface area (Å²) in [6.45, 7) is 0. The molecule has 3 heteroatoms. The maximum Gasteiger partial charge on any atom is 0.310 e. The van der Waals surface area contributed by atoms with Gasteiger partial charge in [-0.2, -0.15) is 0 Å². The zero-order valence-electron chi connectivity index (χ0n) is 9.28. The van der Waals surface area contributed by atoms with Gasteiger partial charge in [-0.15, -0.1) is 0 Å². The molecule has 2 aliphatic carbocycles. The van der Waals surface area contributed by atoms with Gasteiger partial charge in [-0.3, -0.25) is 4.79 Å². The van der Waals surface area contributed by atoms with Gasteiger partial charge in [-0.1, -0.05) is 19.3 Å². The van der Waals surface area contributed by atoms with E-state index in [0.29, 0.717) is 0 Å². The Bertz CT molecular complexity index is 226. The summed E-state index contributed by atoms with van der Waals surface area (Å²) >= 11 is 0. The average molecular weight is 211 g/mol. The summed E-state index contributed by atoms with van der Waals surface area (Å²) < 4.78 is 5.43. The Morgan fingerprint density at radius 1 is 1.00 bits per heavy atom. The number of rotatable bonds is 2. The highest BCUT2D eigenvalue weighted by atomic mass is 16.5. The highest BCUT2D eigenvalue weighted by Crippen LogP contribution is 2.27. The molecule has 2 N–H and O–H groups in total. The third kappa shape index (κ3) is 2.71. The predicted molar refractivity (Wildman–Crippen MR) is 58.3 cm³/mol. The molecule has 0 amide bonds. The first-order valence-corrected chi connectivity index (χ1v) is 6.23. The maximum atomic E-state index is 11.9. The molecule has 86 valence electrons. The minimum Gasteiger partial charge on any atom is -0.462 e. The van der Waals surface area contributed by atoms with E-state index in [1.165, 1.54) is 12.8 Å². The Hall–Kier alpha value is -0.570. The quantitative estimate of drug-likeness (QED) is 0.561. The Labute approximate surface area is 91.4 Å². The van der Waals surface area contributed by atoms with Crippen molar-refractivity contribution in [1.29, 1.82) is 0 Å². The number of carbonyl (C=O) groups is 1. The number of hydrogen-bond acceptors (Lipinski definition) is 3. The molecule has 2 unspecified atom stereocenters. The molecule has 2 fully saturated rings. The largest absolute Gasteiger partial charge is 0.462 e. The number of hydrogen-bond donors (Lipinski definition) is 1. The van der Waals surface area contributed by atoms with E-state index < -0.39 is 0 Å². The molecule has 0 aromatic heterocycles. The van der Waals surface area contributed by atoms with Crippen LogP contribution in [0.5, 0.6) is 0 Å². The van der Waals surface area contributed by atoms with Crippen molar-refractivity contribution < 1.29 is 9.53 Å². The zero-order valence-corrected chi connectivity index (χ0v) is 9.28. The molecule has 0 radical (unpaired) electrons. The van der Waals surface area contributed by atoms with E-state index in [4.69, 9.17) is 10.5 Å². The lowest BCUT2D eigenvalue weighted by molar-refractivity contribution is -0.159. The van der Waals surface area contributed by atoms with Gasteiger partial charge in [-0.05, 0) is 32.1 Å². The predicted octanol–water partition coefficient (Wildman–Crippen LogP) is 1.99. The van der Waals surface area contributed by atoms with Crippen molar-refractivity contribution in [3.63, 3.8) is 0 Å². The zero-order chi connectivity index (χ0) is 10.7. The van der Waals surface area contributed by atoms with Gasteiger partial charge in [-0.25, -0.2) is 0 Å². The Morgan fingerprint density at radius 3 is 2.40 bits per heavy atom. The highest BCUT2D eigenvalue weighted by Gasteiger charge is 2.31. The summed E-state index contributed by atoms with van der Waals surface area (Å²) in [5.74, 6) is -0.0674. The Kier molecular flexibility index (Phi) is 3.62. The monoisotopic (exact) mass is 211 g/mol. The van der Waals surface area contributed by atoms with Gasteiger partial charge in [0.25, 0.3) is 0 Å². The highest BCUT2D eigenvalue weighted by molar-refractivity contribution is 5.73. The van der Waals surface area contributed by atoms with E-state index in [1.54, 1.807) is 0 Å². The van der Waals surface area contributed by atoms with Crippen LogP contribution in [0, 0.1) is 5.92 Å². The fourth-order valence-corrected chi connectivity index (χ4v) is 2.37. The molecule has 0 aromatic rings. The van der Waals surface area contributed by atoms with Gasteiger partial charge in [0.05, 0.1) is 5.92 Å². The lowest BCUT2D eigenvalue weighted by atomic mass is 9.93. The molecule has 0 saturated heterocycles. The second-order valence-electron chi connectivity index (χ2n) is 4.90. The number of esters is 1. The van der Waals surface area contributed by atoms with Crippen LogP contribution in [0.15, 0.2) is 0 Å². The molecule has 3 nitrogen and oxygen atoms in total. The third-order valence-corrected chi connectivity index (χ3v) is 3.71. The topological polar surface area (TPSA) is 52.3 Å². The van der Waals surface area contributed by atoms with Crippen molar-refractivity contribution in [3.05, 3.63) is 0 Å². The molecule has 0 bridgehead atoms. The third-order valence-electron chi connectivity index (χ3n) is 3.71. The van der Waals surface area contributed by atoms with Crippen LogP contribution < -0.4 is 5.73 Å². The van der Waals surface area contributed by atoms with E-state index in [1.807, 2.05) is 0 Å². The van der Waals surface area contributed by atoms with E-state index >= 15 is 0 Å². The van der Waals surface area contributed by atoms with Gasteiger partial charge in [0, 0.05) is 6.04 Å². The molecule has 2 atom stereocenters. The van der Waals surface area contributed by atoms with Crippen LogP contribution in [-0.4, -0.2) is 18.1 Å². The average Bonchev–Trinajstić information content (AvgIpc) is 2.36. The van der Waals surface area contributed by atoms with E-state index in [-0.39, 0.29) is 24.0 Å². The second-order valence-corrected chi connectivity index (χ2v) is 4.90. The van der Waals surface area contributed by atoms with Gasteiger partial charge < -0.3 is 10.5 Å². The molecule has 0 aromatic carbocycles. The van der Waals surface area contributed by atoms with Crippen molar-refractivity contribution in [2.45, 2.75) is 63.5 Å². The van der Waals surface area contributed by atoms with Crippen molar-refractivity contribution in [2.24, 2.45) is 11.7 Å². The van der Waals surface area contributed by atoms with Gasteiger partial charge in [0.1, 0.15) is 6.10 Å². The lowest BCUT2D eigenvalue weighted by Crippen LogP contribution is -2.38. The minimum atomic E-state index is -0.0342. The minimum absolute atomic E-state index is 0.0278. The molecule has 2 aliphatic rings. The number of nitrogens with two attached hydrogens (primary N) is 1. The van der Waals surface area contributed by atoms with E-state index in [0.717, 1.165) is 38.5 Å². The Morgan fingerprint density at radius 2 is 1.73 bits per heavy atom. The number of carbonyl (C=O) groups excluding carboxylic acids is 1.